The van der Waals surface area contributed by atoms with Gasteiger partial charge in [0, 0.05) is 6.92 Å². The van der Waals surface area contributed by atoms with E-state index in [0.717, 1.165) is 6.92 Å². The summed E-state index contributed by atoms with van der Waals surface area (Å²) >= 11 is 0. The Kier molecular flexibility index (Phi) is 2.78. The highest BCUT2D eigenvalue weighted by Gasteiger charge is 2.19. The number of halogens is 3. The number of hydrogen-bond donors (Lipinski definition) is 0. The molecular formula is C9H7F3O2. The lowest BCUT2D eigenvalue weighted by Crippen LogP contribution is -2.07. The van der Waals surface area contributed by atoms with Crippen molar-refractivity contribution in [1.29, 1.82) is 0 Å². The topological polar surface area (TPSA) is 26.3 Å². The summed E-state index contributed by atoms with van der Waals surface area (Å²) in [5.41, 5.74) is -0.125. The van der Waals surface area contributed by atoms with E-state index in [1.54, 1.807) is 0 Å². The molecule has 0 saturated heterocycles. The molecule has 0 atom stereocenters. The van der Waals surface area contributed by atoms with E-state index in [9.17, 15) is 18.0 Å². The molecule has 0 aromatic heterocycles. The third-order valence-electron chi connectivity index (χ3n) is 1.54. The standard InChI is InChI=1S/C9H7F3O2/c1-4-3-6(10)8(12)9(7(4)11)14-5(2)13/h3H,1-2H3. The number of rotatable bonds is 1. The van der Waals surface area contributed by atoms with Gasteiger partial charge in [0.1, 0.15) is 0 Å². The fourth-order valence-corrected chi connectivity index (χ4v) is 0.934. The Morgan fingerprint density at radius 3 is 2.36 bits per heavy atom. The molecule has 0 heterocycles. The van der Waals surface area contributed by atoms with Gasteiger partial charge in [-0.1, -0.05) is 0 Å². The van der Waals surface area contributed by atoms with E-state index in [1.165, 1.54) is 6.92 Å². The average Bonchev–Trinajstić information content (AvgIpc) is 2.09. The lowest BCUT2D eigenvalue weighted by molar-refractivity contribution is -0.132. The molecule has 0 bridgehead atoms. The van der Waals surface area contributed by atoms with Crippen LogP contribution in [0.15, 0.2) is 6.07 Å². The third kappa shape index (κ3) is 1.86. The zero-order valence-corrected chi connectivity index (χ0v) is 7.53. The summed E-state index contributed by atoms with van der Waals surface area (Å²) in [7, 11) is 0. The second kappa shape index (κ2) is 3.69. The van der Waals surface area contributed by atoms with Crippen molar-refractivity contribution in [3.63, 3.8) is 0 Å². The molecule has 0 N–H and O–H groups in total. The van der Waals surface area contributed by atoms with Crippen LogP contribution in [0.4, 0.5) is 13.2 Å². The summed E-state index contributed by atoms with van der Waals surface area (Å²) in [4.78, 5) is 10.5. The molecule has 0 fully saturated rings. The van der Waals surface area contributed by atoms with E-state index in [4.69, 9.17) is 0 Å². The van der Waals surface area contributed by atoms with Crippen LogP contribution >= 0.6 is 0 Å². The van der Waals surface area contributed by atoms with Gasteiger partial charge in [0.15, 0.2) is 11.6 Å². The smallest absolute Gasteiger partial charge is 0.308 e. The largest absolute Gasteiger partial charge is 0.420 e. The molecule has 0 amide bonds. The number of aryl methyl sites for hydroxylation is 1. The average molecular weight is 204 g/mol. The Hall–Kier alpha value is -1.52. The molecule has 0 unspecified atom stereocenters. The molecule has 14 heavy (non-hydrogen) atoms. The van der Waals surface area contributed by atoms with Crippen LogP contribution < -0.4 is 4.74 Å². The van der Waals surface area contributed by atoms with Crippen LogP contribution in [0.5, 0.6) is 5.75 Å². The van der Waals surface area contributed by atoms with E-state index < -0.39 is 29.2 Å². The SMILES string of the molecule is CC(=O)Oc1c(F)c(C)cc(F)c1F. The highest BCUT2D eigenvalue weighted by atomic mass is 19.2. The fraction of sp³-hybridized carbons (Fsp3) is 0.222. The second-order valence-corrected chi connectivity index (χ2v) is 2.73. The van der Waals surface area contributed by atoms with Gasteiger partial charge >= 0.3 is 5.97 Å². The number of hydrogen-bond acceptors (Lipinski definition) is 2. The molecule has 2 nitrogen and oxygen atoms in total. The first-order valence-corrected chi connectivity index (χ1v) is 3.76. The summed E-state index contributed by atoms with van der Waals surface area (Å²) in [6, 6.07) is 0.692. The molecule has 0 saturated carbocycles. The Bertz CT molecular complexity index is 362. The van der Waals surface area contributed by atoms with E-state index in [0.29, 0.717) is 6.07 Å². The van der Waals surface area contributed by atoms with Crippen molar-refractivity contribution in [2.75, 3.05) is 0 Å². The minimum atomic E-state index is -1.50. The highest BCUT2D eigenvalue weighted by Crippen LogP contribution is 2.26. The van der Waals surface area contributed by atoms with Crippen LogP contribution in [0.2, 0.25) is 0 Å². The van der Waals surface area contributed by atoms with Gasteiger partial charge in [0.05, 0.1) is 0 Å². The predicted octanol–water partition coefficient (Wildman–Crippen LogP) is 2.34. The van der Waals surface area contributed by atoms with Crippen molar-refractivity contribution in [1.82, 2.24) is 0 Å². The highest BCUT2D eigenvalue weighted by molar-refractivity contribution is 5.69. The summed E-state index contributed by atoms with van der Waals surface area (Å²) in [5, 5.41) is 0. The summed E-state index contributed by atoms with van der Waals surface area (Å²) in [6.07, 6.45) is 0. The number of carbonyl (C=O) groups is 1. The Balaban J connectivity index is 3.31. The van der Waals surface area contributed by atoms with Gasteiger partial charge in [-0.3, -0.25) is 4.79 Å². The summed E-state index contributed by atoms with van der Waals surface area (Å²) < 4.78 is 43.0. The van der Waals surface area contributed by atoms with E-state index in [-0.39, 0.29) is 5.56 Å². The minimum Gasteiger partial charge on any atom is -0.420 e. The lowest BCUT2D eigenvalue weighted by Gasteiger charge is -2.06. The van der Waals surface area contributed by atoms with Crippen LogP contribution in [-0.2, 0) is 4.79 Å². The Morgan fingerprint density at radius 2 is 1.86 bits per heavy atom. The van der Waals surface area contributed by atoms with Crippen LogP contribution in [-0.4, -0.2) is 5.97 Å². The molecule has 0 aliphatic carbocycles. The van der Waals surface area contributed by atoms with Crippen molar-refractivity contribution in [3.8, 4) is 5.75 Å². The van der Waals surface area contributed by atoms with Gasteiger partial charge in [-0.2, -0.15) is 4.39 Å². The zero-order chi connectivity index (χ0) is 10.9. The molecule has 0 radical (unpaired) electrons. The Labute approximate surface area is 78.3 Å². The maximum atomic E-state index is 13.1. The molecule has 5 heteroatoms. The van der Waals surface area contributed by atoms with Gasteiger partial charge in [-0.15, -0.1) is 0 Å². The first kappa shape index (κ1) is 10.6. The summed E-state index contributed by atoms with van der Waals surface area (Å²) in [6.45, 7) is 2.21. The fourth-order valence-electron chi connectivity index (χ4n) is 0.934. The molecule has 76 valence electrons. The van der Waals surface area contributed by atoms with Gasteiger partial charge in [0.2, 0.25) is 11.6 Å². The normalized spacial score (nSPS) is 10.1. The molecule has 0 aliphatic rings. The Morgan fingerprint density at radius 1 is 1.29 bits per heavy atom. The summed E-state index contributed by atoms with van der Waals surface area (Å²) in [5.74, 6) is -5.72. The molecule has 0 aliphatic heterocycles. The van der Waals surface area contributed by atoms with E-state index >= 15 is 0 Å². The number of carbonyl (C=O) groups excluding carboxylic acids is 1. The van der Waals surface area contributed by atoms with Crippen molar-refractivity contribution in [2.45, 2.75) is 13.8 Å². The molecular weight excluding hydrogens is 197 g/mol. The van der Waals surface area contributed by atoms with Gasteiger partial charge in [-0.05, 0) is 18.6 Å². The molecule has 1 aromatic carbocycles. The second-order valence-electron chi connectivity index (χ2n) is 2.73. The van der Waals surface area contributed by atoms with Crippen molar-refractivity contribution < 1.29 is 22.7 Å². The number of esters is 1. The van der Waals surface area contributed by atoms with E-state index in [2.05, 4.69) is 4.74 Å². The third-order valence-corrected chi connectivity index (χ3v) is 1.54. The maximum absolute atomic E-state index is 13.1. The maximum Gasteiger partial charge on any atom is 0.308 e. The number of ether oxygens (including phenoxy) is 1. The van der Waals surface area contributed by atoms with Crippen LogP contribution in [0.3, 0.4) is 0 Å². The quantitative estimate of drug-likeness (QED) is 0.398. The lowest BCUT2D eigenvalue weighted by atomic mass is 10.2. The predicted molar refractivity (Wildman–Crippen MR) is 42.4 cm³/mol. The zero-order valence-electron chi connectivity index (χ0n) is 7.53. The molecule has 1 aromatic rings. The monoisotopic (exact) mass is 204 g/mol. The first-order chi connectivity index (χ1) is 6.43. The number of benzene rings is 1. The minimum absolute atomic E-state index is 0.125. The van der Waals surface area contributed by atoms with E-state index in [1.807, 2.05) is 0 Å². The molecule has 0 spiro atoms. The van der Waals surface area contributed by atoms with Crippen LogP contribution in [0.25, 0.3) is 0 Å². The van der Waals surface area contributed by atoms with Gasteiger partial charge in [0.25, 0.3) is 0 Å². The molecule has 1 rings (SSSR count). The van der Waals surface area contributed by atoms with Crippen LogP contribution in [0, 0.1) is 24.4 Å². The first-order valence-electron chi connectivity index (χ1n) is 3.76. The van der Waals surface area contributed by atoms with Crippen molar-refractivity contribution in [3.05, 3.63) is 29.1 Å². The van der Waals surface area contributed by atoms with Crippen molar-refractivity contribution >= 4 is 5.97 Å². The van der Waals surface area contributed by atoms with Crippen molar-refractivity contribution in [2.24, 2.45) is 0 Å². The van der Waals surface area contributed by atoms with Crippen LogP contribution in [0.1, 0.15) is 12.5 Å². The van der Waals surface area contributed by atoms with Gasteiger partial charge < -0.3 is 4.74 Å². The van der Waals surface area contributed by atoms with Gasteiger partial charge in [-0.25, -0.2) is 8.78 Å².